The Balaban J connectivity index is 1.93. The van der Waals surface area contributed by atoms with E-state index >= 15 is 0 Å². The average molecular weight is 327 g/mol. The molecule has 1 fully saturated rings. The molecule has 0 unspecified atom stereocenters. The lowest BCUT2D eigenvalue weighted by atomic mass is 10.0. The molecule has 0 aliphatic heterocycles. The molecule has 2 aromatic rings. The van der Waals surface area contributed by atoms with Gasteiger partial charge in [0.15, 0.2) is 5.78 Å². The van der Waals surface area contributed by atoms with Crippen molar-refractivity contribution in [1.82, 2.24) is 4.57 Å². The molecule has 1 heterocycles. The molecule has 1 saturated carbocycles. The van der Waals surface area contributed by atoms with Crippen LogP contribution in [0.25, 0.3) is 10.9 Å². The van der Waals surface area contributed by atoms with Gasteiger partial charge >= 0.3 is 0 Å². The molecule has 0 radical (unpaired) electrons. The van der Waals surface area contributed by atoms with E-state index in [0.717, 1.165) is 35.9 Å². The second kappa shape index (κ2) is 5.73. The van der Waals surface area contributed by atoms with Gasteiger partial charge in [0.05, 0.1) is 6.10 Å². The largest absolute Gasteiger partial charge is 0.393 e. The number of carbonyl (C=O) groups is 1. The van der Waals surface area contributed by atoms with Crippen LogP contribution in [0.15, 0.2) is 30.5 Å². The van der Waals surface area contributed by atoms with Gasteiger partial charge in [-0.25, -0.2) is 0 Å². The Labute approximate surface area is 144 Å². The number of nitrogens with zero attached hydrogens (tertiary/aromatic N) is 1. The van der Waals surface area contributed by atoms with E-state index in [4.69, 9.17) is 0 Å². The first-order valence-corrected chi connectivity index (χ1v) is 8.98. The summed E-state index contributed by atoms with van der Waals surface area (Å²) in [7, 11) is 0. The van der Waals surface area contributed by atoms with E-state index in [2.05, 4.69) is 44.4 Å². The zero-order valence-corrected chi connectivity index (χ0v) is 15.5. The smallest absolute Gasteiger partial charge is 0.169 e. The lowest BCUT2D eigenvalue weighted by molar-refractivity contribution is 0.0946. The van der Waals surface area contributed by atoms with E-state index in [9.17, 15) is 9.90 Å². The molecule has 0 saturated heterocycles. The van der Waals surface area contributed by atoms with Gasteiger partial charge in [0, 0.05) is 35.1 Å². The number of carbonyl (C=O) groups excluding carboxylic acids is 1. The predicted octanol–water partition coefficient (Wildman–Crippen LogP) is 4.67. The van der Waals surface area contributed by atoms with Crippen molar-refractivity contribution in [2.45, 2.75) is 60.1 Å². The van der Waals surface area contributed by atoms with Crippen LogP contribution in [0.5, 0.6) is 0 Å². The monoisotopic (exact) mass is 327 g/mol. The Kier molecular flexibility index (Phi) is 4.11. The minimum atomic E-state index is -0.277. The van der Waals surface area contributed by atoms with E-state index in [1.165, 1.54) is 0 Å². The SMILES string of the molecule is C[C@H](O)CCCn1cc(C(=O)C2C(C)(C)C2(C)C)c2ccccc21. The van der Waals surface area contributed by atoms with Crippen molar-refractivity contribution in [2.75, 3.05) is 0 Å². The van der Waals surface area contributed by atoms with Crippen LogP contribution < -0.4 is 0 Å². The topological polar surface area (TPSA) is 42.2 Å². The second-order valence-electron chi connectivity index (χ2n) is 8.49. The summed E-state index contributed by atoms with van der Waals surface area (Å²) in [5.74, 6) is 0.359. The van der Waals surface area contributed by atoms with Crippen LogP contribution in [0.4, 0.5) is 0 Å². The van der Waals surface area contributed by atoms with Crippen molar-refractivity contribution < 1.29 is 9.90 Å². The first kappa shape index (κ1) is 17.2. The molecule has 130 valence electrons. The van der Waals surface area contributed by atoms with Gasteiger partial charge in [-0.05, 0) is 36.7 Å². The summed E-state index contributed by atoms with van der Waals surface area (Å²) >= 11 is 0. The van der Waals surface area contributed by atoms with Crippen LogP contribution in [0.2, 0.25) is 0 Å². The Morgan fingerprint density at radius 1 is 1.21 bits per heavy atom. The Hall–Kier alpha value is -1.61. The summed E-state index contributed by atoms with van der Waals surface area (Å²) in [6, 6.07) is 8.16. The van der Waals surface area contributed by atoms with Crippen LogP contribution in [0.3, 0.4) is 0 Å². The van der Waals surface area contributed by atoms with Crippen molar-refractivity contribution in [3.8, 4) is 0 Å². The highest BCUT2D eigenvalue weighted by atomic mass is 16.3. The number of hydrogen-bond donors (Lipinski definition) is 1. The lowest BCUT2D eigenvalue weighted by Gasteiger charge is -2.06. The number of aliphatic hydroxyl groups excluding tert-OH is 1. The maximum atomic E-state index is 13.2. The van der Waals surface area contributed by atoms with Gasteiger partial charge in [0.2, 0.25) is 0 Å². The highest BCUT2D eigenvalue weighted by molar-refractivity contribution is 6.11. The minimum absolute atomic E-state index is 0.0552. The van der Waals surface area contributed by atoms with Crippen LogP contribution in [-0.4, -0.2) is 21.6 Å². The average Bonchev–Trinajstić information content (AvgIpc) is 2.80. The number of aromatic nitrogens is 1. The minimum Gasteiger partial charge on any atom is -0.393 e. The third kappa shape index (κ3) is 2.59. The molecule has 1 aromatic heterocycles. The Bertz CT molecular complexity index is 753. The van der Waals surface area contributed by atoms with Crippen molar-refractivity contribution in [1.29, 1.82) is 0 Å². The maximum Gasteiger partial charge on any atom is 0.169 e. The van der Waals surface area contributed by atoms with Gasteiger partial charge in [0.25, 0.3) is 0 Å². The van der Waals surface area contributed by atoms with Crippen LogP contribution in [0.1, 0.15) is 57.8 Å². The van der Waals surface area contributed by atoms with Crippen molar-refractivity contribution in [3.63, 3.8) is 0 Å². The molecule has 0 bridgehead atoms. The summed E-state index contributed by atoms with van der Waals surface area (Å²) in [4.78, 5) is 13.2. The highest BCUT2D eigenvalue weighted by Crippen LogP contribution is 2.69. The Morgan fingerprint density at radius 2 is 1.83 bits per heavy atom. The van der Waals surface area contributed by atoms with Gasteiger partial charge < -0.3 is 9.67 Å². The molecule has 1 aliphatic rings. The fourth-order valence-electron chi connectivity index (χ4n) is 4.19. The molecule has 3 rings (SSSR count). The summed E-state index contributed by atoms with van der Waals surface area (Å²) in [6.45, 7) is 11.4. The number of rotatable bonds is 6. The zero-order chi connectivity index (χ0) is 17.7. The van der Waals surface area contributed by atoms with Crippen LogP contribution in [-0.2, 0) is 6.54 Å². The van der Waals surface area contributed by atoms with Gasteiger partial charge in [-0.2, -0.15) is 0 Å². The number of Topliss-reactive ketones (excluding diaryl/α,β-unsaturated/α-hetero) is 1. The number of para-hydroxylation sites is 1. The zero-order valence-electron chi connectivity index (χ0n) is 15.5. The molecular formula is C21H29NO2. The molecule has 1 aliphatic carbocycles. The first-order chi connectivity index (χ1) is 11.2. The van der Waals surface area contributed by atoms with Crippen LogP contribution in [0, 0.1) is 16.7 Å². The normalized spacial score (nSPS) is 20.2. The summed E-state index contributed by atoms with van der Waals surface area (Å²) in [6.07, 6.45) is 3.43. The summed E-state index contributed by atoms with van der Waals surface area (Å²) in [5, 5.41) is 10.5. The second-order valence-corrected chi connectivity index (χ2v) is 8.49. The van der Waals surface area contributed by atoms with Gasteiger partial charge in [-0.1, -0.05) is 45.9 Å². The fourth-order valence-corrected chi connectivity index (χ4v) is 4.19. The summed E-state index contributed by atoms with van der Waals surface area (Å²) in [5.41, 5.74) is 2.08. The molecular weight excluding hydrogens is 298 g/mol. The van der Waals surface area contributed by atoms with E-state index in [-0.39, 0.29) is 28.6 Å². The summed E-state index contributed by atoms with van der Waals surface area (Å²) < 4.78 is 2.17. The number of hydrogen-bond acceptors (Lipinski definition) is 2. The number of aryl methyl sites for hydroxylation is 1. The van der Waals surface area contributed by atoms with Crippen molar-refractivity contribution in [3.05, 3.63) is 36.0 Å². The van der Waals surface area contributed by atoms with Gasteiger partial charge in [-0.3, -0.25) is 4.79 Å². The molecule has 1 atom stereocenters. The van der Waals surface area contributed by atoms with E-state index in [1.54, 1.807) is 0 Å². The van der Waals surface area contributed by atoms with E-state index < -0.39 is 0 Å². The maximum absolute atomic E-state index is 13.2. The standard InChI is InChI=1S/C21H29NO2/c1-14(23)9-8-12-22-13-16(15-10-6-7-11-17(15)22)18(24)19-20(2,3)21(19,4)5/h6-7,10-11,13-14,19,23H,8-9,12H2,1-5H3/t14-/m0/s1. The first-order valence-electron chi connectivity index (χ1n) is 8.98. The predicted molar refractivity (Wildman–Crippen MR) is 98.2 cm³/mol. The third-order valence-electron chi connectivity index (χ3n) is 6.36. The van der Waals surface area contributed by atoms with Crippen molar-refractivity contribution in [2.24, 2.45) is 16.7 Å². The number of aliphatic hydroxyl groups is 1. The fraction of sp³-hybridized carbons (Fsp3) is 0.571. The van der Waals surface area contributed by atoms with Gasteiger partial charge in [-0.15, -0.1) is 0 Å². The van der Waals surface area contributed by atoms with Gasteiger partial charge in [0.1, 0.15) is 0 Å². The van der Waals surface area contributed by atoms with E-state index in [1.807, 2.05) is 25.3 Å². The number of benzene rings is 1. The molecule has 3 nitrogen and oxygen atoms in total. The molecule has 0 amide bonds. The van der Waals surface area contributed by atoms with Crippen LogP contribution >= 0.6 is 0 Å². The molecule has 24 heavy (non-hydrogen) atoms. The molecule has 1 aromatic carbocycles. The van der Waals surface area contributed by atoms with E-state index in [0.29, 0.717) is 0 Å². The third-order valence-corrected chi connectivity index (χ3v) is 6.36. The number of fused-ring (bicyclic) bond motifs is 1. The number of ketones is 1. The molecule has 3 heteroatoms. The van der Waals surface area contributed by atoms with Crippen molar-refractivity contribution >= 4 is 16.7 Å². The molecule has 0 spiro atoms. The lowest BCUT2D eigenvalue weighted by Crippen LogP contribution is -2.07. The quantitative estimate of drug-likeness (QED) is 0.784. The molecule has 1 N–H and O–H groups in total. The Morgan fingerprint density at radius 3 is 2.42 bits per heavy atom. The highest BCUT2D eigenvalue weighted by Gasteiger charge is 2.68.